The molecule has 2 saturated heterocycles. The number of aliphatic hydroxyl groups is 1. The number of ether oxygens (including phenoxy) is 2. The molecule has 1 amide bonds. The Bertz CT molecular complexity index is 2040. The molecule has 0 saturated carbocycles. The quantitative estimate of drug-likeness (QED) is 0.242. The molecule has 3 aliphatic rings. The summed E-state index contributed by atoms with van der Waals surface area (Å²) in [4.78, 5) is 26.4. The zero-order valence-corrected chi connectivity index (χ0v) is 29.4. The summed E-state index contributed by atoms with van der Waals surface area (Å²) in [6, 6.07) is 18.0. The summed E-state index contributed by atoms with van der Waals surface area (Å²) in [7, 11) is -1.44. The minimum absolute atomic E-state index is 0.0881. The number of piperazine rings is 1. The monoisotopic (exact) mass is 712 g/mol. The van der Waals surface area contributed by atoms with Gasteiger partial charge in [-0.3, -0.25) is 19.5 Å². The van der Waals surface area contributed by atoms with E-state index in [4.69, 9.17) is 13.9 Å². The number of fused-ring (bicyclic) bond motifs is 1. The van der Waals surface area contributed by atoms with E-state index in [9.17, 15) is 18.8 Å². The number of methoxy groups -OCH3 is 2. The number of likely N-dealkylation sites (tertiary alicyclic amines) is 1. The van der Waals surface area contributed by atoms with Gasteiger partial charge in [0, 0.05) is 56.9 Å². The van der Waals surface area contributed by atoms with Gasteiger partial charge in [-0.15, -0.1) is 0 Å². The number of aliphatic hydroxyl groups excluding tert-OH is 1. The van der Waals surface area contributed by atoms with Crippen molar-refractivity contribution in [2.24, 2.45) is 0 Å². The van der Waals surface area contributed by atoms with Gasteiger partial charge in [-0.2, -0.15) is 5.26 Å². The van der Waals surface area contributed by atoms with Crippen molar-refractivity contribution in [3.63, 3.8) is 0 Å². The van der Waals surface area contributed by atoms with Gasteiger partial charge in [0.2, 0.25) is 5.89 Å². The third-order valence-corrected chi connectivity index (χ3v) is 11.9. The van der Waals surface area contributed by atoms with Gasteiger partial charge in [-0.05, 0) is 66.9 Å². The molecule has 0 bridgehead atoms. The number of hydrogen-bond acceptors (Lipinski definition) is 12. The van der Waals surface area contributed by atoms with E-state index in [2.05, 4.69) is 20.9 Å². The predicted molar refractivity (Wildman–Crippen MR) is 187 cm³/mol. The van der Waals surface area contributed by atoms with Gasteiger partial charge >= 0.3 is 0 Å². The minimum Gasteiger partial charge on any atom is -0.497 e. The highest BCUT2D eigenvalue weighted by Crippen LogP contribution is 2.56. The smallest absolute Gasteiger partial charge is 0.271 e. The first kappa shape index (κ1) is 34.7. The molecule has 51 heavy (non-hydrogen) atoms. The van der Waals surface area contributed by atoms with E-state index in [0.29, 0.717) is 61.0 Å². The Hall–Kier alpha value is -4.78. The Morgan fingerprint density at radius 1 is 0.980 bits per heavy atom. The standard InChI is InChI=1S/C37H40N6O7S/c1-48-28-7-9-29(10-8-28)51(46,47)43-32-12-6-26(24-38)22-31(32)37(36(43)45,42-14-3-4-33(42)35-39-13-21-50-35)30-11-5-27(23-34(30)49-2)25-41-17-15-40(16-18-41)19-20-44/h5-13,21-23,33,44H,3-4,14-20,25H2,1-2H3. The topological polar surface area (TPSA) is 153 Å². The zero-order chi connectivity index (χ0) is 35.8. The largest absolute Gasteiger partial charge is 0.497 e. The molecule has 0 spiro atoms. The molecule has 2 atom stereocenters. The van der Waals surface area contributed by atoms with Crippen molar-refractivity contribution in [2.75, 3.05) is 64.4 Å². The van der Waals surface area contributed by atoms with Gasteiger partial charge in [0.25, 0.3) is 15.9 Å². The van der Waals surface area contributed by atoms with Crippen molar-refractivity contribution in [1.82, 2.24) is 19.7 Å². The molecular weight excluding hydrogens is 673 g/mol. The maximum Gasteiger partial charge on any atom is 0.271 e. The highest BCUT2D eigenvalue weighted by Gasteiger charge is 2.62. The van der Waals surface area contributed by atoms with Crippen molar-refractivity contribution in [3.8, 4) is 17.6 Å². The summed E-state index contributed by atoms with van der Waals surface area (Å²) >= 11 is 0. The summed E-state index contributed by atoms with van der Waals surface area (Å²) in [6.07, 6.45) is 4.33. The summed E-state index contributed by atoms with van der Waals surface area (Å²) < 4.78 is 47.2. The minimum atomic E-state index is -4.47. The fourth-order valence-corrected chi connectivity index (χ4v) is 9.22. The Balaban J connectivity index is 1.40. The van der Waals surface area contributed by atoms with E-state index in [0.717, 1.165) is 36.0 Å². The van der Waals surface area contributed by atoms with E-state index in [1.54, 1.807) is 12.3 Å². The summed E-state index contributed by atoms with van der Waals surface area (Å²) in [5.74, 6) is 0.575. The third-order valence-electron chi connectivity index (χ3n) is 10.2. The zero-order valence-electron chi connectivity index (χ0n) is 28.6. The van der Waals surface area contributed by atoms with Crippen LogP contribution in [0.25, 0.3) is 0 Å². The Labute approximate surface area is 297 Å². The Kier molecular flexibility index (Phi) is 9.58. The van der Waals surface area contributed by atoms with E-state index in [1.165, 1.54) is 56.9 Å². The number of nitriles is 1. The lowest BCUT2D eigenvalue weighted by atomic mass is 9.80. The maximum atomic E-state index is 15.5. The fraction of sp³-hybridized carbons (Fsp3) is 0.378. The number of anilines is 1. The molecule has 0 radical (unpaired) electrons. The van der Waals surface area contributed by atoms with Crippen LogP contribution in [0, 0.1) is 11.3 Å². The van der Waals surface area contributed by atoms with E-state index in [-0.39, 0.29) is 22.8 Å². The number of aromatic nitrogens is 1. The van der Waals surface area contributed by atoms with Gasteiger partial charge in [0.15, 0.2) is 5.54 Å². The van der Waals surface area contributed by atoms with Crippen molar-refractivity contribution in [1.29, 1.82) is 5.26 Å². The highest BCUT2D eigenvalue weighted by molar-refractivity contribution is 7.93. The lowest BCUT2D eigenvalue weighted by Crippen LogP contribution is -2.54. The second-order valence-electron chi connectivity index (χ2n) is 12.9. The van der Waals surface area contributed by atoms with Crippen LogP contribution in [0.1, 0.15) is 47.0 Å². The van der Waals surface area contributed by atoms with Crippen LogP contribution in [0.2, 0.25) is 0 Å². The first-order valence-corrected chi connectivity index (χ1v) is 18.4. The lowest BCUT2D eigenvalue weighted by molar-refractivity contribution is -0.127. The lowest BCUT2D eigenvalue weighted by Gasteiger charge is -2.41. The SMILES string of the molecule is COc1ccc(S(=O)(=O)N2C(=O)C(c3ccc(CN4CCN(CCO)CC4)cc3OC)(N3CCCC3c3ncco3)c3cc(C#N)ccc32)cc1. The summed E-state index contributed by atoms with van der Waals surface area (Å²) in [5, 5.41) is 19.4. The van der Waals surface area contributed by atoms with Gasteiger partial charge in [0.1, 0.15) is 17.8 Å². The Morgan fingerprint density at radius 3 is 2.41 bits per heavy atom. The number of benzene rings is 3. The van der Waals surface area contributed by atoms with Crippen LogP contribution in [-0.4, -0.2) is 99.2 Å². The van der Waals surface area contributed by atoms with Crippen molar-refractivity contribution < 1.29 is 32.2 Å². The number of rotatable bonds is 11. The van der Waals surface area contributed by atoms with Crippen molar-refractivity contribution >= 4 is 21.6 Å². The van der Waals surface area contributed by atoms with E-state index < -0.39 is 27.5 Å². The second kappa shape index (κ2) is 14.1. The number of carbonyl (C=O) groups excluding carboxylic acids is 1. The van der Waals surface area contributed by atoms with E-state index >= 15 is 4.79 Å². The van der Waals surface area contributed by atoms with Crippen LogP contribution < -0.4 is 13.8 Å². The number of β-amino-alcohol motifs (C(OH)–C–C–N with tert-alkyl or cyclic N) is 1. The first-order chi connectivity index (χ1) is 24.8. The van der Waals surface area contributed by atoms with Gasteiger partial charge in [-0.1, -0.05) is 12.1 Å². The number of nitrogens with zero attached hydrogens (tertiary/aromatic N) is 6. The highest BCUT2D eigenvalue weighted by atomic mass is 32.2. The summed E-state index contributed by atoms with van der Waals surface area (Å²) in [5.41, 5.74) is 0.460. The molecule has 13 nitrogen and oxygen atoms in total. The molecule has 1 aromatic heterocycles. The molecule has 7 rings (SSSR count). The number of sulfonamides is 1. The number of carbonyl (C=O) groups is 1. The third kappa shape index (κ3) is 5.94. The predicted octanol–water partition coefficient (Wildman–Crippen LogP) is 3.49. The van der Waals surface area contributed by atoms with Gasteiger partial charge < -0.3 is 19.0 Å². The maximum absolute atomic E-state index is 15.5. The summed E-state index contributed by atoms with van der Waals surface area (Å²) in [6.45, 7) is 5.20. The van der Waals surface area contributed by atoms with Crippen molar-refractivity contribution in [2.45, 2.75) is 35.9 Å². The Morgan fingerprint density at radius 2 is 1.75 bits per heavy atom. The number of hydrogen-bond donors (Lipinski definition) is 1. The normalized spacial score (nSPS) is 21.5. The van der Waals surface area contributed by atoms with Crippen molar-refractivity contribution in [3.05, 3.63) is 101 Å². The van der Waals surface area contributed by atoms with Crippen LogP contribution in [0.15, 0.2) is 82.4 Å². The first-order valence-electron chi connectivity index (χ1n) is 16.9. The molecule has 3 aromatic carbocycles. The van der Waals surface area contributed by atoms with Gasteiger partial charge in [-0.25, -0.2) is 17.7 Å². The molecule has 14 heteroatoms. The molecule has 4 heterocycles. The van der Waals surface area contributed by atoms with Gasteiger partial charge in [0.05, 0.1) is 55.3 Å². The molecule has 2 unspecified atom stereocenters. The number of oxazole rings is 1. The van der Waals surface area contributed by atoms with E-state index in [1.807, 2.05) is 23.1 Å². The average molecular weight is 713 g/mol. The van der Waals surface area contributed by atoms with Crippen LogP contribution in [0.4, 0.5) is 5.69 Å². The molecule has 0 aliphatic carbocycles. The van der Waals surface area contributed by atoms with Crippen LogP contribution in [0.3, 0.4) is 0 Å². The van der Waals surface area contributed by atoms with Crippen LogP contribution in [-0.2, 0) is 26.9 Å². The average Bonchev–Trinajstić information content (AvgIpc) is 3.91. The molecular formula is C37H40N6O7S. The molecule has 266 valence electrons. The fourth-order valence-electron chi connectivity index (χ4n) is 7.76. The number of amides is 1. The molecule has 4 aromatic rings. The molecule has 1 N–H and O–H groups in total. The van der Waals surface area contributed by atoms with Crippen LogP contribution in [0.5, 0.6) is 11.5 Å². The van der Waals surface area contributed by atoms with Crippen LogP contribution >= 0.6 is 0 Å². The molecule has 2 fully saturated rings. The molecule has 3 aliphatic heterocycles. The second-order valence-corrected chi connectivity index (χ2v) is 14.7.